The number of carboxylic acid groups (broad SMARTS) is 1. The van der Waals surface area contributed by atoms with Crippen molar-refractivity contribution >= 4 is 12.0 Å². The van der Waals surface area contributed by atoms with Gasteiger partial charge in [0.1, 0.15) is 0 Å². The number of fused-ring (bicyclic) bond motifs is 2. The van der Waals surface area contributed by atoms with Gasteiger partial charge in [-0.05, 0) is 30.6 Å². The topological polar surface area (TPSA) is 69.6 Å². The molecule has 5 heteroatoms. The molecule has 108 valence electrons. The summed E-state index contributed by atoms with van der Waals surface area (Å²) in [6, 6.07) is -0.0551. The Morgan fingerprint density at radius 3 is 2.47 bits per heavy atom. The Bertz CT molecular complexity index is 375. The lowest BCUT2D eigenvalue weighted by Crippen LogP contribution is -2.52. The van der Waals surface area contributed by atoms with Gasteiger partial charge in [0, 0.05) is 18.6 Å². The Kier molecular flexibility index (Phi) is 3.74. The first kappa shape index (κ1) is 14.2. The standard InChI is InChI=1S/C14H24N2O3/c1-14(2,3)11(7-12(17)18)15-13(19)16-8-9-4-5-10(16)6-9/h9-11H,4-8H2,1-3H3,(H,15,19)(H,17,18). The van der Waals surface area contributed by atoms with Gasteiger partial charge in [-0.2, -0.15) is 0 Å². The third-order valence-corrected chi connectivity index (χ3v) is 4.39. The van der Waals surface area contributed by atoms with E-state index in [0.29, 0.717) is 12.0 Å². The molecule has 2 amide bonds. The molecule has 19 heavy (non-hydrogen) atoms. The van der Waals surface area contributed by atoms with Gasteiger partial charge in [0.15, 0.2) is 0 Å². The monoisotopic (exact) mass is 268 g/mol. The molecule has 3 atom stereocenters. The normalized spacial score (nSPS) is 27.4. The molecule has 5 nitrogen and oxygen atoms in total. The number of hydrogen-bond donors (Lipinski definition) is 2. The quantitative estimate of drug-likeness (QED) is 0.823. The van der Waals surface area contributed by atoms with Gasteiger partial charge in [-0.15, -0.1) is 0 Å². The number of urea groups is 1. The average molecular weight is 268 g/mol. The number of nitrogens with zero attached hydrogens (tertiary/aromatic N) is 1. The molecule has 1 aliphatic carbocycles. The van der Waals surface area contributed by atoms with E-state index in [2.05, 4.69) is 5.32 Å². The van der Waals surface area contributed by atoms with E-state index < -0.39 is 5.97 Å². The van der Waals surface area contributed by atoms with Crippen molar-refractivity contribution < 1.29 is 14.7 Å². The van der Waals surface area contributed by atoms with Gasteiger partial charge in [-0.25, -0.2) is 4.79 Å². The highest BCUT2D eigenvalue weighted by Crippen LogP contribution is 2.37. The van der Waals surface area contributed by atoms with Crippen LogP contribution in [-0.2, 0) is 4.79 Å². The zero-order chi connectivity index (χ0) is 14.2. The van der Waals surface area contributed by atoms with Crippen molar-refractivity contribution in [3.63, 3.8) is 0 Å². The molecule has 0 aromatic rings. The minimum Gasteiger partial charge on any atom is -0.481 e. The summed E-state index contributed by atoms with van der Waals surface area (Å²) in [6.07, 6.45) is 3.41. The number of amides is 2. The van der Waals surface area contributed by atoms with Crippen LogP contribution in [0.4, 0.5) is 4.79 Å². The largest absolute Gasteiger partial charge is 0.481 e. The molecule has 1 heterocycles. The number of rotatable bonds is 3. The second-order valence-electron chi connectivity index (χ2n) is 6.95. The van der Waals surface area contributed by atoms with E-state index >= 15 is 0 Å². The molecule has 1 saturated heterocycles. The van der Waals surface area contributed by atoms with E-state index in [-0.39, 0.29) is 23.9 Å². The Hall–Kier alpha value is -1.26. The van der Waals surface area contributed by atoms with Crippen LogP contribution in [-0.4, -0.2) is 40.6 Å². The number of nitrogens with one attached hydrogen (secondary N) is 1. The summed E-state index contributed by atoms with van der Waals surface area (Å²) in [7, 11) is 0. The number of hydrogen-bond acceptors (Lipinski definition) is 2. The maximum Gasteiger partial charge on any atom is 0.317 e. The van der Waals surface area contributed by atoms with Crippen molar-refractivity contribution in [1.29, 1.82) is 0 Å². The summed E-state index contributed by atoms with van der Waals surface area (Å²) in [5.74, 6) is -0.216. The molecular formula is C14H24N2O3. The van der Waals surface area contributed by atoms with Crippen molar-refractivity contribution in [2.24, 2.45) is 11.3 Å². The minimum atomic E-state index is -0.872. The van der Waals surface area contributed by atoms with Crippen molar-refractivity contribution in [3.05, 3.63) is 0 Å². The van der Waals surface area contributed by atoms with Crippen LogP contribution < -0.4 is 5.32 Å². The smallest absolute Gasteiger partial charge is 0.317 e. The summed E-state index contributed by atoms with van der Waals surface area (Å²) in [4.78, 5) is 25.1. The summed E-state index contributed by atoms with van der Waals surface area (Å²) >= 11 is 0. The molecule has 1 saturated carbocycles. The number of piperidine rings is 1. The van der Waals surface area contributed by atoms with Gasteiger partial charge in [-0.3, -0.25) is 4.79 Å². The van der Waals surface area contributed by atoms with Gasteiger partial charge >= 0.3 is 12.0 Å². The average Bonchev–Trinajstić information content (AvgIpc) is 2.87. The highest BCUT2D eigenvalue weighted by atomic mass is 16.4. The van der Waals surface area contributed by atoms with E-state index in [1.54, 1.807) is 0 Å². The summed E-state index contributed by atoms with van der Waals surface area (Å²) < 4.78 is 0. The molecule has 2 N–H and O–H groups in total. The second kappa shape index (κ2) is 5.02. The van der Waals surface area contributed by atoms with Crippen molar-refractivity contribution in [1.82, 2.24) is 10.2 Å². The van der Waals surface area contributed by atoms with Crippen molar-refractivity contribution in [2.75, 3.05) is 6.54 Å². The lowest BCUT2D eigenvalue weighted by molar-refractivity contribution is -0.138. The molecule has 2 aliphatic rings. The zero-order valence-corrected chi connectivity index (χ0v) is 12.0. The molecule has 0 spiro atoms. The first-order valence-electron chi connectivity index (χ1n) is 7.06. The fraction of sp³-hybridized carbons (Fsp3) is 0.857. The summed E-state index contributed by atoms with van der Waals surface area (Å²) in [5.41, 5.74) is -0.257. The van der Waals surface area contributed by atoms with E-state index in [9.17, 15) is 9.59 Å². The minimum absolute atomic E-state index is 0.0306. The van der Waals surface area contributed by atoms with Gasteiger partial charge in [0.2, 0.25) is 0 Å². The van der Waals surface area contributed by atoms with Crippen LogP contribution in [0.2, 0.25) is 0 Å². The van der Waals surface area contributed by atoms with Crippen LogP contribution in [0.3, 0.4) is 0 Å². The van der Waals surface area contributed by atoms with E-state index in [1.165, 1.54) is 6.42 Å². The number of carboxylic acids is 1. The molecule has 2 bridgehead atoms. The van der Waals surface area contributed by atoms with Gasteiger partial charge in [0.05, 0.1) is 6.42 Å². The summed E-state index contributed by atoms with van der Waals surface area (Å²) in [5, 5.41) is 11.9. The molecule has 3 unspecified atom stereocenters. The molecule has 1 aliphatic heterocycles. The van der Waals surface area contributed by atoms with Gasteiger partial charge < -0.3 is 15.3 Å². The summed E-state index contributed by atoms with van der Waals surface area (Å²) in [6.45, 7) is 6.70. The number of aliphatic carboxylic acids is 1. The molecule has 2 fully saturated rings. The highest BCUT2D eigenvalue weighted by molar-refractivity contribution is 5.77. The SMILES string of the molecule is CC(C)(C)C(CC(=O)O)NC(=O)N1CC2CCC1C2. The molecule has 0 radical (unpaired) electrons. The van der Waals surface area contributed by atoms with Crippen molar-refractivity contribution in [2.45, 2.75) is 58.5 Å². The predicted molar refractivity (Wildman–Crippen MR) is 71.9 cm³/mol. The maximum absolute atomic E-state index is 12.3. The molecular weight excluding hydrogens is 244 g/mol. The Balaban J connectivity index is 1.97. The Labute approximate surface area is 114 Å². The highest BCUT2D eigenvalue weighted by Gasteiger charge is 2.41. The van der Waals surface area contributed by atoms with Gasteiger partial charge in [0.25, 0.3) is 0 Å². The molecule has 0 aromatic heterocycles. The van der Waals surface area contributed by atoms with E-state index in [1.807, 2.05) is 25.7 Å². The van der Waals surface area contributed by atoms with Crippen LogP contribution >= 0.6 is 0 Å². The maximum atomic E-state index is 12.3. The van der Waals surface area contributed by atoms with Gasteiger partial charge in [-0.1, -0.05) is 20.8 Å². The lowest BCUT2D eigenvalue weighted by Gasteiger charge is -2.34. The number of carbonyl (C=O) groups excluding carboxylic acids is 1. The first-order valence-corrected chi connectivity index (χ1v) is 7.06. The van der Waals surface area contributed by atoms with Crippen LogP contribution in [0, 0.1) is 11.3 Å². The third kappa shape index (κ3) is 3.19. The Morgan fingerprint density at radius 1 is 1.37 bits per heavy atom. The zero-order valence-electron chi connectivity index (χ0n) is 12.0. The number of likely N-dealkylation sites (tertiary alicyclic amines) is 1. The fourth-order valence-electron chi connectivity index (χ4n) is 3.15. The van der Waals surface area contributed by atoms with Crippen LogP contribution in [0.1, 0.15) is 46.5 Å². The Morgan fingerprint density at radius 2 is 2.05 bits per heavy atom. The molecule has 0 aromatic carbocycles. The molecule has 2 rings (SSSR count). The van der Waals surface area contributed by atoms with Crippen molar-refractivity contribution in [3.8, 4) is 0 Å². The van der Waals surface area contributed by atoms with Crippen LogP contribution in [0.25, 0.3) is 0 Å². The number of carbonyl (C=O) groups is 2. The lowest BCUT2D eigenvalue weighted by atomic mass is 9.85. The first-order chi connectivity index (χ1) is 8.77. The third-order valence-electron chi connectivity index (χ3n) is 4.39. The van der Waals surface area contributed by atoms with Crippen LogP contribution in [0.15, 0.2) is 0 Å². The van der Waals surface area contributed by atoms with E-state index in [4.69, 9.17) is 5.11 Å². The predicted octanol–water partition coefficient (Wildman–Crippen LogP) is 2.07. The second-order valence-corrected chi connectivity index (χ2v) is 6.95. The van der Waals surface area contributed by atoms with E-state index in [0.717, 1.165) is 19.4 Å². The fourth-order valence-corrected chi connectivity index (χ4v) is 3.15. The van der Waals surface area contributed by atoms with Crippen LogP contribution in [0.5, 0.6) is 0 Å².